The number of rotatable bonds is 9. The lowest BCUT2D eigenvalue weighted by molar-refractivity contribution is 0.133. The molecule has 0 saturated carbocycles. The normalized spacial score (nSPS) is 14.0. The second-order valence-electron chi connectivity index (χ2n) is 5.27. The number of nitrogens with two attached hydrogens (primary N) is 1. The monoisotopic (exact) mass is 296 g/mol. The molecular weight excluding hydrogens is 268 g/mol. The second kappa shape index (κ2) is 8.87. The number of hydrogen-bond donors (Lipinski definition) is 2. The molecule has 1 aromatic rings. The van der Waals surface area contributed by atoms with Gasteiger partial charge in [-0.05, 0) is 59.1 Å². The van der Waals surface area contributed by atoms with E-state index in [9.17, 15) is 5.11 Å². The first kappa shape index (κ1) is 17.8. The summed E-state index contributed by atoms with van der Waals surface area (Å²) in [6, 6.07) is 5.14. The van der Waals surface area contributed by atoms with Crippen molar-refractivity contribution in [2.24, 2.45) is 5.73 Å². The Bertz CT molecular complexity index is 424. The number of ether oxygens (including phenoxy) is 2. The Kier molecular flexibility index (Phi) is 7.50. The predicted molar refractivity (Wildman–Crippen MR) is 84.9 cm³/mol. The Morgan fingerprint density at radius 3 is 2.43 bits per heavy atom. The minimum Gasteiger partial charge on any atom is -0.494 e. The first-order valence-corrected chi connectivity index (χ1v) is 7.47. The van der Waals surface area contributed by atoms with Gasteiger partial charge in [-0.3, -0.25) is 0 Å². The summed E-state index contributed by atoms with van der Waals surface area (Å²) in [4.78, 5) is 2.05. The SMILES string of the molecule is CCOc1ccc(OCC)c(C(O)C(N)CCN(C)C)c1. The molecule has 0 radical (unpaired) electrons. The minimum absolute atomic E-state index is 0.344. The highest BCUT2D eigenvalue weighted by molar-refractivity contribution is 5.42. The van der Waals surface area contributed by atoms with Crippen LogP contribution in [0.4, 0.5) is 0 Å². The molecule has 1 aromatic carbocycles. The zero-order valence-corrected chi connectivity index (χ0v) is 13.5. The van der Waals surface area contributed by atoms with E-state index in [-0.39, 0.29) is 6.04 Å². The van der Waals surface area contributed by atoms with Gasteiger partial charge >= 0.3 is 0 Å². The number of benzene rings is 1. The molecule has 0 amide bonds. The molecule has 0 spiro atoms. The van der Waals surface area contributed by atoms with Crippen LogP contribution < -0.4 is 15.2 Å². The molecule has 3 N–H and O–H groups in total. The van der Waals surface area contributed by atoms with E-state index < -0.39 is 6.10 Å². The fraction of sp³-hybridized carbons (Fsp3) is 0.625. The number of hydrogen-bond acceptors (Lipinski definition) is 5. The van der Waals surface area contributed by atoms with E-state index in [2.05, 4.69) is 0 Å². The van der Waals surface area contributed by atoms with E-state index in [1.165, 1.54) is 0 Å². The zero-order valence-electron chi connectivity index (χ0n) is 13.5. The Morgan fingerprint density at radius 1 is 1.19 bits per heavy atom. The zero-order chi connectivity index (χ0) is 15.8. The third-order valence-electron chi connectivity index (χ3n) is 3.23. The molecule has 21 heavy (non-hydrogen) atoms. The van der Waals surface area contributed by atoms with E-state index in [0.717, 1.165) is 12.3 Å². The van der Waals surface area contributed by atoms with Gasteiger partial charge in [-0.1, -0.05) is 0 Å². The van der Waals surface area contributed by atoms with Crippen molar-refractivity contribution in [2.45, 2.75) is 32.4 Å². The maximum absolute atomic E-state index is 10.5. The molecule has 2 unspecified atom stereocenters. The lowest BCUT2D eigenvalue weighted by Crippen LogP contribution is -2.32. The largest absolute Gasteiger partial charge is 0.494 e. The van der Waals surface area contributed by atoms with Gasteiger partial charge in [0.25, 0.3) is 0 Å². The molecule has 1 rings (SSSR count). The summed E-state index contributed by atoms with van der Waals surface area (Å²) in [6.07, 6.45) is -0.0644. The quantitative estimate of drug-likeness (QED) is 0.727. The molecule has 0 aliphatic rings. The van der Waals surface area contributed by atoms with Crippen molar-refractivity contribution in [3.63, 3.8) is 0 Å². The van der Waals surface area contributed by atoms with Crippen molar-refractivity contribution in [1.82, 2.24) is 4.90 Å². The first-order valence-electron chi connectivity index (χ1n) is 7.47. The summed E-state index contributed by atoms with van der Waals surface area (Å²) in [5.74, 6) is 1.38. The van der Waals surface area contributed by atoms with Gasteiger partial charge in [-0.15, -0.1) is 0 Å². The van der Waals surface area contributed by atoms with Crippen molar-refractivity contribution >= 4 is 0 Å². The molecule has 0 fully saturated rings. The highest BCUT2D eigenvalue weighted by Crippen LogP contribution is 2.31. The predicted octanol–water partition coefficient (Wildman–Crippen LogP) is 1.80. The Balaban J connectivity index is 2.92. The van der Waals surface area contributed by atoms with Crippen LogP contribution in [-0.4, -0.2) is 49.9 Å². The average Bonchev–Trinajstić information content (AvgIpc) is 2.46. The molecular formula is C16H28N2O3. The highest BCUT2D eigenvalue weighted by atomic mass is 16.5. The molecule has 5 nitrogen and oxygen atoms in total. The lowest BCUT2D eigenvalue weighted by Gasteiger charge is -2.23. The maximum Gasteiger partial charge on any atom is 0.125 e. The van der Waals surface area contributed by atoms with E-state index in [1.54, 1.807) is 0 Å². The second-order valence-corrected chi connectivity index (χ2v) is 5.27. The summed E-state index contributed by atoms with van der Waals surface area (Å²) in [7, 11) is 3.97. The van der Waals surface area contributed by atoms with Crippen LogP contribution in [0.15, 0.2) is 18.2 Å². The highest BCUT2D eigenvalue weighted by Gasteiger charge is 2.21. The van der Waals surface area contributed by atoms with Gasteiger partial charge in [0.1, 0.15) is 11.5 Å². The molecule has 0 aliphatic carbocycles. The van der Waals surface area contributed by atoms with E-state index in [0.29, 0.717) is 30.9 Å². The van der Waals surface area contributed by atoms with Crippen LogP contribution in [-0.2, 0) is 0 Å². The smallest absolute Gasteiger partial charge is 0.125 e. The van der Waals surface area contributed by atoms with Gasteiger partial charge < -0.3 is 25.2 Å². The van der Waals surface area contributed by atoms with E-state index in [4.69, 9.17) is 15.2 Å². The van der Waals surface area contributed by atoms with Crippen LogP contribution in [0.25, 0.3) is 0 Å². The van der Waals surface area contributed by atoms with Crippen molar-refractivity contribution < 1.29 is 14.6 Å². The van der Waals surface area contributed by atoms with Gasteiger partial charge in [-0.25, -0.2) is 0 Å². The average molecular weight is 296 g/mol. The molecule has 5 heteroatoms. The topological polar surface area (TPSA) is 67.9 Å². The van der Waals surface area contributed by atoms with E-state index in [1.807, 2.05) is 51.0 Å². The van der Waals surface area contributed by atoms with Crippen molar-refractivity contribution in [3.8, 4) is 11.5 Å². The van der Waals surface area contributed by atoms with Crippen LogP contribution in [0.5, 0.6) is 11.5 Å². The van der Waals surface area contributed by atoms with E-state index >= 15 is 0 Å². The van der Waals surface area contributed by atoms with Crippen molar-refractivity contribution in [1.29, 1.82) is 0 Å². The van der Waals surface area contributed by atoms with Gasteiger partial charge in [0.05, 0.1) is 19.3 Å². The Hall–Kier alpha value is -1.30. The number of aliphatic hydroxyl groups excluding tert-OH is 1. The molecule has 120 valence electrons. The summed E-state index contributed by atoms with van der Waals surface area (Å²) in [5.41, 5.74) is 6.80. The third kappa shape index (κ3) is 5.53. The van der Waals surface area contributed by atoms with Crippen LogP contribution in [0.2, 0.25) is 0 Å². The maximum atomic E-state index is 10.5. The molecule has 0 saturated heterocycles. The van der Waals surface area contributed by atoms with Crippen LogP contribution in [0.3, 0.4) is 0 Å². The van der Waals surface area contributed by atoms with Crippen molar-refractivity contribution in [3.05, 3.63) is 23.8 Å². The van der Waals surface area contributed by atoms with Crippen LogP contribution >= 0.6 is 0 Å². The van der Waals surface area contributed by atoms with Gasteiger partial charge in [0.2, 0.25) is 0 Å². The molecule has 0 heterocycles. The Morgan fingerprint density at radius 2 is 1.86 bits per heavy atom. The molecule has 0 bridgehead atoms. The molecule has 0 aromatic heterocycles. The fourth-order valence-corrected chi connectivity index (χ4v) is 2.10. The van der Waals surface area contributed by atoms with Crippen LogP contribution in [0.1, 0.15) is 31.9 Å². The van der Waals surface area contributed by atoms with Crippen LogP contribution in [0, 0.1) is 0 Å². The van der Waals surface area contributed by atoms with Gasteiger partial charge in [0, 0.05) is 11.6 Å². The molecule has 0 aliphatic heterocycles. The lowest BCUT2D eigenvalue weighted by atomic mass is 9.99. The minimum atomic E-state index is -0.771. The van der Waals surface area contributed by atoms with Crippen molar-refractivity contribution in [2.75, 3.05) is 33.9 Å². The Labute approximate surface area is 127 Å². The standard InChI is InChI=1S/C16H28N2O3/c1-5-20-12-7-8-15(21-6-2)13(11-12)16(19)14(17)9-10-18(3)4/h7-8,11,14,16,19H,5-6,9-10,17H2,1-4H3. The number of aliphatic hydroxyl groups is 1. The summed E-state index contributed by atoms with van der Waals surface area (Å²) in [5, 5.41) is 10.5. The summed E-state index contributed by atoms with van der Waals surface area (Å²) in [6.45, 7) is 5.79. The summed E-state index contributed by atoms with van der Waals surface area (Å²) < 4.78 is 11.1. The van der Waals surface area contributed by atoms with Gasteiger partial charge in [0.15, 0.2) is 0 Å². The number of nitrogens with zero attached hydrogens (tertiary/aromatic N) is 1. The fourth-order valence-electron chi connectivity index (χ4n) is 2.10. The summed E-state index contributed by atoms with van der Waals surface area (Å²) >= 11 is 0. The van der Waals surface area contributed by atoms with Gasteiger partial charge in [-0.2, -0.15) is 0 Å². The first-order chi connectivity index (χ1) is 9.99. The molecule has 2 atom stereocenters. The third-order valence-corrected chi connectivity index (χ3v) is 3.23.